The van der Waals surface area contributed by atoms with Crippen molar-refractivity contribution in [3.8, 4) is 0 Å². The van der Waals surface area contributed by atoms with E-state index in [-0.39, 0.29) is 18.1 Å². The minimum atomic E-state index is -0.545. The number of nitrogens with one attached hydrogen (secondary N) is 1. The molecule has 8 nitrogen and oxygen atoms in total. The minimum absolute atomic E-state index is 0.137. The predicted molar refractivity (Wildman–Crippen MR) is 93.0 cm³/mol. The van der Waals surface area contributed by atoms with Crippen LogP contribution >= 0.6 is 0 Å². The van der Waals surface area contributed by atoms with Gasteiger partial charge < -0.3 is 14.8 Å². The van der Waals surface area contributed by atoms with Gasteiger partial charge in [-0.2, -0.15) is 0 Å². The molecule has 1 aromatic heterocycles. The van der Waals surface area contributed by atoms with Crippen LogP contribution in [0.2, 0.25) is 0 Å². The Morgan fingerprint density at radius 1 is 1.00 bits per heavy atom. The number of esters is 2. The molecule has 1 amide bonds. The summed E-state index contributed by atoms with van der Waals surface area (Å²) in [4.78, 5) is 37.0. The average molecular weight is 355 g/mol. The quantitative estimate of drug-likeness (QED) is 0.836. The molecule has 0 aliphatic carbocycles. The first-order valence-electron chi connectivity index (χ1n) is 8.04. The van der Waals surface area contributed by atoms with Crippen LogP contribution in [0.1, 0.15) is 54.9 Å². The van der Waals surface area contributed by atoms with Crippen LogP contribution in [0.3, 0.4) is 0 Å². The second-order valence-corrected chi connectivity index (χ2v) is 7.16. The molecule has 0 bridgehead atoms. The summed E-state index contributed by atoms with van der Waals surface area (Å²) in [6.07, 6.45) is 4.78. The molecule has 25 heavy (non-hydrogen) atoms. The van der Waals surface area contributed by atoms with Crippen molar-refractivity contribution in [2.45, 2.75) is 66.1 Å². The topological polar surface area (TPSA) is 99.5 Å². The number of imidazole rings is 1. The fraction of sp³-hybridized carbons (Fsp3) is 0.647. The number of rotatable bonds is 3. The van der Waals surface area contributed by atoms with E-state index in [1.165, 1.54) is 23.3 Å². The SMILES string of the molecule is CC(C)(C)OC(=O)CNC(=O)n1ccnc1.CCC(=O)OC(C)(C)C. The van der Waals surface area contributed by atoms with Crippen molar-refractivity contribution in [3.63, 3.8) is 0 Å². The zero-order chi connectivity index (χ0) is 19.7. The van der Waals surface area contributed by atoms with Gasteiger partial charge in [-0.1, -0.05) is 6.92 Å². The Morgan fingerprint density at radius 3 is 1.88 bits per heavy atom. The Labute approximate surface area is 148 Å². The number of carbonyl (C=O) groups is 3. The number of hydrogen-bond donors (Lipinski definition) is 1. The molecule has 0 aromatic carbocycles. The summed E-state index contributed by atoms with van der Waals surface area (Å²) in [5.41, 5.74) is -0.871. The molecule has 142 valence electrons. The first-order chi connectivity index (χ1) is 11.3. The van der Waals surface area contributed by atoms with Crippen molar-refractivity contribution in [1.29, 1.82) is 0 Å². The standard InChI is InChI=1S/C10H15N3O3.C7H14O2/c1-10(2,3)16-8(14)6-12-9(15)13-5-4-11-7-13;1-5-6(8)9-7(2,3)4/h4-5,7H,6H2,1-3H3,(H,12,15);5H2,1-4H3. The molecule has 0 unspecified atom stereocenters. The Morgan fingerprint density at radius 2 is 1.52 bits per heavy atom. The van der Waals surface area contributed by atoms with Gasteiger partial charge in [0, 0.05) is 18.8 Å². The van der Waals surface area contributed by atoms with Gasteiger partial charge in [-0.15, -0.1) is 0 Å². The van der Waals surface area contributed by atoms with Gasteiger partial charge in [-0.25, -0.2) is 9.78 Å². The Kier molecular flexibility index (Phi) is 8.87. The summed E-state index contributed by atoms with van der Waals surface area (Å²) in [7, 11) is 0. The lowest BCUT2D eigenvalue weighted by Gasteiger charge is -2.19. The first-order valence-corrected chi connectivity index (χ1v) is 8.04. The van der Waals surface area contributed by atoms with E-state index in [1.807, 2.05) is 20.8 Å². The second kappa shape index (κ2) is 9.80. The Hall–Kier alpha value is -2.38. The molecule has 1 N–H and O–H groups in total. The highest BCUT2D eigenvalue weighted by Gasteiger charge is 2.16. The van der Waals surface area contributed by atoms with E-state index < -0.39 is 17.6 Å². The van der Waals surface area contributed by atoms with Crippen LogP contribution in [0.25, 0.3) is 0 Å². The molecular weight excluding hydrogens is 326 g/mol. The lowest BCUT2D eigenvalue weighted by Crippen LogP contribution is -2.36. The lowest BCUT2D eigenvalue weighted by atomic mass is 10.2. The summed E-state index contributed by atoms with van der Waals surface area (Å²) in [6, 6.07) is -0.414. The van der Waals surface area contributed by atoms with E-state index in [0.717, 1.165) is 0 Å². The van der Waals surface area contributed by atoms with Gasteiger partial charge >= 0.3 is 18.0 Å². The van der Waals surface area contributed by atoms with Gasteiger partial charge in [0.05, 0.1) is 0 Å². The van der Waals surface area contributed by atoms with Crippen LogP contribution in [0, 0.1) is 0 Å². The maximum atomic E-state index is 11.4. The maximum absolute atomic E-state index is 11.4. The third kappa shape index (κ3) is 12.7. The number of aromatic nitrogens is 2. The van der Waals surface area contributed by atoms with Gasteiger partial charge in [0.15, 0.2) is 0 Å². The number of amides is 1. The zero-order valence-electron chi connectivity index (χ0n) is 16.1. The van der Waals surface area contributed by atoms with Crippen molar-refractivity contribution in [3.05, 3.63) is 18.7 Å². The van der Waals surface area contributed by atoms with Crippen LogP contribution in [0.5, 0.6) is 0 Å². The van der Waals surface area contributed by atoms with Gasteiger partial charge in [-0.3, -0.25) is 14.2 Å². The monoisotopic (exact) mass is 355 g/mol. The fourth-order valence-corrected chi connectivity index (χ4v) is 1.41. The van der Waals surface area contributed by atoms with E-state index >= 15 is 0 Å². The van der Waals surface area contributed by atoms with Crippen molar-refractivity contribution < 1.29 is 23.9 Å². The van der Waals surface area contributed by atoms with Crippen molar-refractivity contribution in [2.24, 2.45) is 0 Å². The number of ether oxygens (including phenoxy) is 2. The lowest BCUT2D eigenvalue weighted by molar-refractivity contribution is -0.155. The number of nitrogens with zero attached hydrogens (tertiary/aromatic N) is 2. The molecule has 0 aliphatic rings. The third-order valence-electron chi connectivity index (χ3n) is 2.25. The smallest absolute Gasteiger partial charge is 0.327 e. The van der Waals surface area contributed by atoms with Gasteiger partial charge in [0.2, 0.25) is 0 Å². The van der Waals surface area contributed by atoms with E-state index in [9.17, 15) is 14.4 Å². The molecule has 0 fully saturated rings. The highest BCUT2D eigenvalue weighted by Crippen LogP contribution is 2.07. The molecule has 0 aliphatic heterocycles. The Bertz CT molecular complexity index is 554. The van der Waals surface area contributed by atoms with Crippen molar-refractivity contribution in [1.82, 2.24) is 14.9 Å². The van der Waals surface area contributed by atoms with E-state index in [2.05, 4.69) is 10.3 Å². The first kappa shape index (κ1) is 22.6. The largest absolute Gasteiger partial charge is 0.460 e. The molecular formula is C17H29N3O5. The fourth-order valence-electron chi connectivity index (χ4n) is 1.41. The molecule has 0 saturated carbocycles. The molecule has 0 saturated heterocycles. The van der Waals surface area contributed by atoms with Gasteiger partial charge in [-0.05, 0) is 41.5 Å². The molecule has 1 aromatic rings. The van der Waals surface area contributed by atoms with E-state index in [0.29, 0.717) is 6.42 Å². The van der Waals surface area contributed by atoms with Crippen LogP contribution < -0.4 is 5.32 Å². The van der Waals surface area contributed by atoms with Crippen LogP contribution in [0.4, 0.5) is 4.79 Å². The van der Waals surface area contributed by atoms with E-state index in [1.54, 1.807) is 27.7 Å². The van der Waals surface area contributed by atoms with Crippen LogP contribution in [-0.4, -0.2) is 45.3 Å². The maximum Gasteiger partial charge on any atom is 0.327 e. The minimum Gasteiger partial charge on any atom is -0.460 e. The number of hydrogen-bond acceptors (Lipinski definition) is 6. The Balaban J connectivity index is 0.000000547. The molecule has 0 atom stereocenters. The average Bonchev–Trinajstić information content (AvgIpc) is 2.96. The summed E-state index contributed by atoms with van der Waals surface area (Å²) >= 11 is 0. The van der Waals surface area contributed by atoms with Crippen LogP contribution in [0.15, 0.2) is 18.7 Å². The highest BCUT2D eigenvalue weighted by atomic mass is 16.6. The summed E-state index contributed by atoms with van der Waals surface area (Å²) < 4.78 is 11.2. The molecule has 1 rings (SSSR count). The highest BCUT2D eigenvalue weighted by molar-refractivity contribution is 5.82. The van der Waals surface area contributed by atoms with Crippen molar-refractivity contribution in [2.75, 3.05) is 6.54 Å². The summed E-state index contributed by atoms with van der Waals surface area (Å²) in [5.74, 6) is -0.608. The second-order valence-electron chi connectivity index (χ2n) is 7.16. The van der Waals surface area contributed by atoms with Gasteiger partial charge in [0.25, 0.3) is 0 Å². The van der Waals surface area contributed by atoms with E-state index in [4.69, 9.17) is 9.47 Å². The third-order valence-corrected chi connectivity index (χ3v) is 2.25. The zero-order valence-corrected chi connectivity index (χ0v) is 16.1. The normalized spacial score (nSPS) is 11.0. The number of carbonyl (C=O) groups excluding carboxylic acids is 3. The van der Waals surface area contributed by atoms with Crippen molar-refractivity contribution >= 4 is 18.0 Å². The molecule has 8 heteroatoms. The predicted octanol–water partition coefficient (Wildman–Crippen LogP) is 2.52. The van der Waals surface area contributed by atoms with Gasteiger partial charge in [0.1, 0.15) is 24.1 Å². The molecule has 1 heterocycles. The summed E-state index contributed by atoms with van der Waals surface area (Å²) in [5, 5.41) is 2.42. The summed E-state index contributed by atoms with van der Waals surface area (Å²) in [6.45, 7) is 12.5. The van der Waals surface area contributed by atoms with Crippen LogP contribution in [-0.2, 0) is 19.1 Å². The molecule has 0 spiro atoms. The molecule has 0 radical (unpaired) electrons.